The highest BCUT2D eigenvalue weighted by Crippen LogP contribution is 2.27. The number of para-hydroxylation sites is 1. The van der Waals surface area contributed by atoms with Crippen molar-refractivity contribution < 1.29 is 9.90 Å². The van der Waals surface area contributed by atoms with Crippen LogP contribution in [-0.2, 0) is 11.2 Å². The number of pyridine rings is 1. The average Bonchev–Trinajstić information content (AvgIpc) is 2.60. The van der Waals surface area contributed by atoms with E-state index in [2.05, 4.69) is 4.98 Å². The quantitative estimate of drug-likeness (QED) is 0.885. The highest BCUT2D eigenvalue weighted by atomic mass is 16.3. The normalized spacial score (nSPS) is 18.3. The summed E-state index contributed by atoms with van der Waals surface area (Å²) >= 11 is 0. The predicted molar refractivity (Wildman–Crippen MR) is 103 cm³/mol. The third kappa shape index (κ3) is 3.83. The molecule has 1 amide bonds. The Morgan fingerprint density at radius 3 is 2.81 bits per heavy atom. The average molecular weight is 356 g/mol. The zero-order valence-corrected chi connectivity index (χ0v) is 15.8. The molecule has 0 saturated carbocycles. The number of hydrogen-bond acceptors (Lipinski definition) is 3. The first-order valence-electron chi connectivity index (χ1n) is 9.38. The second-order valence-electron chi connectivity index (χ2n) is 7.94. The largest absolute Gasteiger partial charge is 0.390 e. The van der Waals surface area contributed by atoms with E-state index in [1.54, 1.807) is 0 Å². The van der Waals surface area contributed by atoms with E-state index >= 15 is 0 Å². The number of amides is 1. The molecule has 1 saturated heterocycles. The zero-order valence-electron chi connectivity index (χ0n) is 15.8. The lowest BCUT2D eigenvalue weighted by Crippen LogP contribution is -2.47. The molecule has 0 aliphatic carbocycles. The Kier molecular flexibility index (Phi) is 5.19. The van der Waals surface area contributed by atoms with Gasteiger partial charge in [-0.3, -0.25) is 9.59 Å². The van der Waals surface area contributed by atoms with E-state index in [1.165, 1.54) is 0 Å². The fraction of sp³-hybridized carbons (Fsp3) is 0.524. The first-order valence-corrected chi connectivity index (χ1v) is 9.38. The topological polar surface area (TPSA) is 73.4 Å². The van der Waals surface area contributed by atoms with E-state index in [4.69, 9.17) is 0 Å². The van der Waals surface area contributed by atoms with Gasteiger partial charge >= 0.3 is 0 Å². The molecule has 26 heavy (non-hydrogen) atoms. The number of aliphatic hydroxyl groups is 1. The Balaban J connectivity index is 1.72. The van der Waals surface area contributed by atoms with Crippen molar-refractivity contribution in [3.63, 3.8) is 0 Å². The van der Waals surface area contributed by atoms with Crippen LogP contribution in [0.5, 0.6) is 0 Å². The first-order chi connectivity index (χ1) is 12.3. The van der Waals surface area contributed by atoms with E-state index < -0.39 is 5.60 Å². The summed E-state index contributed by atoms with van der Waals surface area (Å²) in [6.45, 7) is 6.83. The number of hydrogen-bond donors (Lipinski definition) is 2. The molecule has 2 N–H and O–H groups in total. The number of likely N-dealkylation sites (tertiary alicyclic amines) is 1. The summed E-state index contributed by atoms with van der Waals surface area (Å²) in [5.41, 5.74) is 1.58. The van der Waals surface area contributed by atoms with Crippen LogP contribution in [0.15, 0.2) is 29.1 Å². The Labute approximate surface area is 154 Å². The van der Waals surface area contributed by atoms with Crippen LogP contribution < -0.4 is 5.43 Å². The number of rotatable bonds is 4. The maximum absolute atomic E-state index is 12.7. The van der Waals surface area contributed by atoms with Crippen molar-refractivity contribution in [2.24, 2.45) is 5.92 Å². The summed E-state index contributed by atoms with van der Waals surface area (Å²) in [5.74, 6) is 0.164. The molecule has 0 bridgehead atoms. The predicted octanol–water partition coefficient (Wildman–Crippen LogP) is 2.78. The van der Waals surface area contributed by atoms with Crippen molar-refractivity contribution >= 4 is 16.8 Å². The van der Waals surface area contributed by atoms with Crippen LogP contribution >= 0.6 is 0 Å². The minimum atomic E-state index is -0.773. The lowest BCUT2D eigenvalue weighted by atomic mass is 9.84. The Morgan fingerprint density at radius 2 is 2.08 bits per heavy atom. The fourth-order valence-electron chi connectivity index (χ4n) is 3.87. The van der Waals surface area contributed by atoms with Crippen LogP contribution in [0.2, 0.25) is 0 Å². The molecule has 0 radical (unpaired) electrons. The van der Waals surface area contributed by atoms with E-state index in [0.717, 1.165) is 30.6 Å². The standard InChI is InChI=1S/C21H28N2O3/c1-14-16(20(25)17-8-4-5-9-18(17)22-14)10-11-19(24)23-12-6-7-15(13-23)21(2,3)26/h4-5,8-9,15,26H,6-7,10-13H2,1-3H3,(H,22,25). The number of nitrogens with one attached hydrogen (secondary N) is 1. The summed E-state index contributed by atoms with van der Waals surface area (Å²) in [6.07, 6.45) is 2.61. The molecule has 0 spiro atoms. The van der Waals surface area contributed by atoms with Gasteiger partial charge in [0.25, 0.3) is 0 Å². The second kappa shape index (κ2) is 7.23. The summed E-state index contributed by atoms with van der Waals surface area (Å²) in [4.78, 5) is 30.5. The van der Waals surface area contributed by atoms with Crippen molar-refractivity contribution in [1.29, 1.82) is 0 Å². The monoisotopic (exact) mass is 356 g/mol. The number of nitrogens with zero attached hydrogens (tertiary/aromatic N) is 1. The van der Waals surface area contributed by atoms with Crippen molar-refractivity contribution in [3.05, 3.63) is 45.7 Å². The first kappa shape index (κ1) is 18.6. The van der Waals surface area contributed by atoms with Crippen molar-refractivity contribution in [3.8, 4) is 0 Å². The SMILES string of the molecule is Cc1[nH]c2ccccc2c(=O)c1CCC(=O)N1CCCC(C(C)(C)O)C1. The maximum Gasteiger partial charge on any atom is 0.222 e. The van der Waals surface area contributed by atoms with Crippen LogP contribution in [0.1, 0.15) is 44.4 Å². The van der Waals surface area contributed by atoms with Crippen molar-refractivity contribution in [2.45, 2.75) is 52.1 Å². The molecule has 5 heteroatoms. The third-order valence-corrected chi connectivity index (χ3v) is 5.58. The molecular formula is C21H28N2O3. The number of aromatic nitrogens is 1. The van der Waals surface area contributed by atoms with Gasteiger partial charge in [-0.1, -0.05) is 12.1 Å². The number of H-pyrrole nitrogens is 1. The van der Waals surface area contributed by atoms with Crippen LogP contribution in [0.25, 0.3) is 10.9 Å². The van der Waals surface area contributed by atoms with Gasteiger partial charge in [-0.2, -0.15) is 0 Å². The van der Waals surface area contributed by atoms with Gasteiger partial charge in [0.1, 0.15) is 0 Å². The van der Waals surface area contributed by atoms with Gasteiger partial charge in [-0.25, -0.2) is 0 Å². The van der Waals surface area contributed by atoms with E-state index in [-0.39, 0.29) is 17.3 Å². The van der Waals surface area contributed by atoms with Gasteiger partial charge in [0.15, 0.2) is 5.43 Å². The molecular weight excluding hydrogens is 328 g/mol. The van der Waals surface area contributed by atoms with Gasteiger partial charge in [0.2, 0.25) is 5.91 Å². The number of aromatic amines is 1. The Hall–Kier alpha value is -2.14. The third-order valence-electron chi connectivity index (χ3n) is 5.58. The molecule has 1 unspecified atom stereocenters. The summed E-state index contributed by atoms with van der Waals surface area (Å²) < 4.78 is 0. The van der Waals surface area contributed by atoms with Gasteiger partial charge in [0, 0.05) is 47.6 Å². The molecule has 2 heterocycles. The summed E-state index contributed by atoms with van der Waals surface area (Å²) in [6, 6.07) is 7.46. The van der Waals surface area contributed by atoms with Crippen LogP contribution in [0.3, 0.4) is 0 Å². The van der Waals surface area contributed by atoms with Crippen molar-refractivity contribution in [1.82, 2.24) is 9.88 Å². The van der Waals surface area contributed by atoms with Crippen LogP contribution in [-0.4, -0.2) is 39.6 Å². The van der Waals surface area contributed by atoms with E-state index in [1.807, 2.05) is 49.9 Å². The lowest BCUT2D eigenvalue weighted by molar-refractivity contribution is -0.135. The molecule has 1 aromatic carbocycles. The van der Waals surface area contributed by atoms with E-state index in [9.17, 15) is 14.7 Å². The molecule has 1 fully saturated rings. The number of carbonyl (C=O) groups excluding carboxylic acids is 1. The molecule has 1 aromatic heterocycles. The number of fused-ring (bicyclic) bond motifs is 1. The fourth-order valence-corrected chi connectivity index (χ4v) is 3.87. The molecule has 5 nitrogen and oxygen atoms in total. The molecule has 1 aliphatic rings. The second-order valence-corrected chi connectivity index (χ2v) is 7.94. The number of benzene rings is 1. The highest BCUT2D eigenvalue weighted by Gasteiger charge is 2.32. The minimum Gasteiger partial charge on any atom is -0.390 e. The van der Waals surface area contributed by atoms with Crippen LogP contribution in [0.4, 0.5) is 0 Å². The summed E-state index contributed by atoms with van der Waals surface area (Å²) in [7, 11) is 0. The number of aryl methyl sites for hydroxylation is 1. The van der Waals surface area contributed by atoms with Crippen LogP contribution in [0, 0.1) is 12.8 Å². The van der Waals surface area contributed by atoms with Gasteiger partial charge in [0.05, 0.1) is 5.60 Å². The maximum atomic E-state index is 12.7. The zero-order chi connectivity index (χ0) is 18.9. The molecule has 3 rings (SSSR count). The minimum absolute atomic E-state index is 0.0117. The molecule has 2 aromatic rings. The Morgan fingerprint density at radius 1 is 1.35 bits per heavy atom. The highest BCUT2D eigenvalue weighted by molar-refractivity contribution is 5.80. The smallest absolute Gasteiger partial charge is 0.222 e. The summed E-state index contributed by atoms with van der Waals surface area (Å²) in [5, 5.41) is 10.9. The van der Waals surface area contributed by atoms with Gasteiger partial charge in [-0.15, -0.1) is 0 Å². The lowest BCUT2D eigenvalue weighted by Gasteiger charge is -2.38. The number of piperidine rings is 1. The Bertz CT molecular complexity index is 864. The molecule has 1 atom stereocenters. The van der Waals surface area contributed by atoms with Crippen molar-refractivity contribution in [2.75, 3.05) is 13.1 Å². The number of carbonyl (C=O) groups is 1. The molecule has 1 aliphatic heterocycles. The van der Waals surface area contributed by atoms with E-state index in [0.29, 0.717) is 30.3 Å². The molecule has 140 valence electrons. The van der Waals surface area contributed by atoms with Gasteiger partial charge < -0.3 is 15.0 Å². The van der Waals surface area contributed by atoms with Gasteiger partial charge in [-0.05, 0) is 52.2 Å².